The normalized spacial score (nSPS) is 20.6. The zero-order chi connectivity index (χ0) is 12.5. The zero-order valence-corrected chi connectivity index (χ0v) is 10.1. The Morgan fingerprint density at radius 3 is 2.76 bits per heavy atom. The highest BCUT2D eigenvalue weighted by molar-refractivity contribution is 7.92. The zero-order valence-electron chi connectivity index (χ0n) is 9.24. The molecule has 1 aromatic rings. The van der Waals surface area contributed by atoms with E-state index in [0.717, 1.165) is 5.56 Å². The summed E-state index contributed by atoms with van der Waals surface area (Å²) < 4.78 is 27.5. The van der Waals surface area contributed by atoms with E-state index in [4.69, 9.17) is 15.6 Å². The molecular formula is C11H15NO4S. The Hall–Kier alpha value is -1.11. The largest absolute Gasteiger partial charge is 0.488 e. The molecule has 5 nitrogen and oxygen atoms in total. The predicted molar refractivity (Wildman–Crippen MR) is 63.5 cm³/mol. The Bertz CT molecular complexity index is 488. The molecule has 0 aromatic heterocycles. The quantitative estimate of drug-likeness (QED) is 0.783. The Kier molecular flexibility index (Phi) is 3.37. The van der Waals surface area contributed by atoms with Gasteiger partial charge in [-0.2, -0.15) is 0 Å². The molecule has 0 bridgehead atoms. The van der Waals surface area contributed by atoms with Crippen molar-refractivity contribution in [1.29, 1.82) is 0 Å². The van der Waals surface area contributed by atoms with Crippen molar-refractivity contribution in [1.82, 2.24) is 0 Å². The van der Waals surface area contributed by atoms with Crippen LogP contribution in [0.2, 0.25) is 0 Å². The van der Waals surface area contributed by atoms with Gasteiger partial charge in [0.25, 0.3) is 0 Å². The number of hydrogen-bond acceptors (Lipinski definition) is 5. The first-order valence-electron chi connectivity index (χ1n) is 5.33. The molecule has 2 rings (SSSR count). The van der Waals surface area contributed by atoms with Gasteiger partial charge < -0.3 is 15.6 Å². The van der Waals surface area contributed by atoms with E-state index in [2.05, 4.69) is 0 Å². The van der Waals surface area contributed by atoms with Gasteiger partial charge in [-0.05, 0) is 17.7 Å². The highest BCUT2D eigenvalue weighted by Gasteiger charge is 2.35. The molecule has 0 amide bonds. The fraction of sp³-hybridized carbons (Fsp3) is 0.455. The summed E-state index contributed by atoms with van der Waals surface area (Å²) in [5.41, 5.74) is 6.45. The summed E-state index contributed by atoms with van der Waals surface area (Å²) in [6.45, 7) is -0.138. The van der Waals surface area contributed by atoms with Gasteiger partial charge in [-0.25, -0.2) is 8.42 Å². The van der Waals surface area contributed by atoms with Crippen LogP contribution in [0.4, 0.5) is 0 Å². The van der Waals surface area contributed by atoms with E-state index in [9.17, 15) is 8.42 Å². The molecule has 0 spiro atoms. The lowest BCUT2D eigenvalue weighted by Crippen LogP contribution is -2.45. The Labute approximate surface area is 100 Å². The summed E-state index contributed by atoms with van der Waals surface area (Å²) >= 11 is 0. The number of nitrogens with two attached hydrogens (primary N) is 1. The van der Waals surface area contributed by atoms with Crippen LogP contribution in [0.3, 0.4) is 0 Å². The summed E-state index contributed by atoms with van der Waals surface area (Å²) in [5.74, 6) is 0.735. The van der Waals surface area contributed by atoms with Crippen LogP contribution < -0.4 is 10.5 Å². The minimum atomic E-state index is -2.87. The van der Waals surface area contributed by atoms with Crippen molar-refractivity contribution in [3.05, 3.63) is 29.8 Å². The van der Waals surface area contributed by atoms with Crippen LogP contribution in [-0.4, -0.2) is 37.7 Å². The van der Waals surface area contributed by atoms with Crippen LogP contribution in [0, 0.1) is 0 Å². The Morgan fingerprint density at radius 1 is 1.47 bits per heavy atom. The third-order valence-corrected chi connectivity index (χ3v) is 4.42. The van der Waals surface area contributed by atoms with Crippen LogP contribution >= 0.6 is 0 Å². The molecule has 1 saturated heterocycles. The fourth-order valence-electron chi connectivity index (χ4n) is 1.70. The second kappa shape index (κ2) is 4.64. The third-order valence-electron chi connectivity index (χ3n) is 2.67. The molecule has 17 heavy (non-hydrogen) atoms. The first-order chi connectivity index (χ1) is 8.00. The number of ether oxygens (including phenoxy) is 1. The molecule has 1 atom stereocenters. The summed E-state index contributed by atoms with van der Waals surface area (Å²) in [5, 5.41) is 8.94. The van der Waals surface area contributed by atoms with E-state index in [1.165, 1.54) is 0 Å². The molecule has 1 aliphatic heterocycles. The lowest BCUT2D eigenvalue weighted by atomic mass is 10.1. The number of hydrogen-bond donors (Lipinski definition) is 2. The van der Waals surface area contributed by atoms with Crippen molar-refractivity contribution in [2.24, 2.45) is 5.73 Å². The first-order valence-corrected chi connectivity index (χ1v) is 7.16. The van der Waals surface area contributed by atoms with Gasteiger partial charge in [0.05, 0.1) is 24.2 Å². The highest BCUT2D eigenvalue weighted by Crippen LogP contribution is 2.22. The summed E-state index contributed by atoms with van der Waals surface area (Å²) in [6, 6.07) is 6.60. The SMILES string of the molecule is NC(CO)c1cccc(OC2CS(=O)(=O)C2)c1. The predicted octanol–water partition coefficient (Wildman–Crippen LogP) is -0.145. The molecule has 0 radical (unpaired) electrons. The maximum absolute atomic E-state index is 11.0. The summed E-state index contributed by atoms with van der Waals surface area (Å²) in [7, 11) is -2.87. The Morgan fingerprint density at radius 2 is 2.18 bits per heavy atom. The van der Waals surface area contributed by atoms with Crippen molar-refractivity contribution in [2.45, 2.75) is 12.1 Å². The van der Waals surface area contributed by atoms with Crippen LogP contribution in [-0.2, 0) is 9.84 Å². The maximum Gasteiger partial charge on any atom is 0.157 e. The van der Waals surface area contributed by atoms with Gasteiger partial charge >= 0.3 is 0 Å². The van der Waals surface area contributed by atoms with Crippen LogP contribution in [0.15, 0.2) is 24.3 Å². The van der Waals surface area contributed by atoms with Crippen molar-refractivity contribution in [2.75, 3.05) is 18.1 Å². The molecule has 3 N–H and O–H groups in total. The first kappa shape index (κ1) is 12.3. The van der Waals surface area contributed by atoms with Crippen LogP contribution in [0.5, 0.6) is 5.75 Å². The van der Waals surface area contributed by atoms with Crippen LogP contribution in [0.1, 0.15) is 11.6 Å². The van der Waals surface area contributed by atoms with Gasteiger partial charge in [0.1, 0.15) is 11.9 Å². The second-order valence-electron chi connectivity index (χ2n) is 4.18. The van der Waals surface area contributed by atoms with E-state index < -0.39 is 15.9 Å². The van der Waals surface area contributed by atoms with E-state index in [-0.39, 0.29) is 24.2 Å². The summed E-state index contributed by atoms with van der Waals surface area (Å²) in [4.78, 5) is 0. The van der Waals surface area contributed by atoms with Crippen molar-refractivity contribution in [3.8, 4) is 5.75 Å². The molecule has 1 aromatic carbocycles. The van der Waals surface area contributed by atoms with Crippen LogP contribution in [0.25, 0.3) is 0 Å². The summed E-state index contributed by atoms with van der Waals surface area (Å²) in [6.07, 6.45) is -0.263. The van der Waals surface area contributed by atoms with Gasteiger partial charge in [-0.1, -0.05) is 12.1 Å². The number of benzene rings is 1. The van der Waals surface area contributed by atoms with Gasteiger partial charge in [-0.15, -0.1) is 0 Å². The molecule has 1 aliphatic rings. The average molecular weight is 257 g/mol. The second-order valence-corrected chi connectivity index (χ2v) is 6.33. The van der Waals surface area contributed by atoms with Gasteiger partial charge in [0.15, 0.2) is 9.84 Å². The highest BCUT2D eigenvalue weighted by atomic mass is 32.2. The molecular weight excluding hydrogens is 242 g/mol. The van der Waals surface area contributed by atoms with Crippen molar-refractivity contribution in [3.63, 3.8) is 0 Å². The lowest BCUT2D eigenvalue weighted by Gasteiger charge is -2.26. The third kappa shape index (κ3) is 2.96. The monoisotopic (exact) mass is 257 g/mol. The van der Waals surface area contributed by atoms with E-state index in [0.29, 0.717) is 5.75 Å². The molecule has 1 unspecified atom stereocenters. The van der Waals surface area contributed by atoms with E-state index in [1.807, 2.05) is 0 Å². The number of sulfone groups is 1. The average Bonchev–Trinajstić information content (AvgIpc) is 2.26. The lowest BCUT2D eigenvalue weighted by molar-refractivity contribution is 0.229. The van der Waals surface area contributed by atoms with Gasteiger partial charge in [-0.3, -0.25) is 0 Å². The molecule has 1 fully saturated rings. The van der Waals surface area contributed by atoms with E-state index in [1.54, 1.807) is 24.3 Å². The topological polar surface area (TPSA) is 89.6 Å². The fourth-order valence-corrected chi connectivity index (χ4v) is 2.87. The van der Waals surface area contributed by atoms with Gasteiger partial charge in [0.2, 0.25) is 0 Å². The molecule has 1 heterocycles. The molecule has 0 aliphatic carbocycles. The maximum atomic E-state index is 11.0. The minimum absolute atomic E-state index is 0.0727. The van der Waals surface area contributed by atoms with Crippen molar-refractivity contribution < 1.29 is 18.3 Å². The Balaban J connectivity index is 2.02. The number of aliphatic hydroxyl groups is 1. The van der Waals surface area contributed by atoms with E-state index >= 15 is 0 Å². The van der Waals surface area contributed by atoms with Crippen molar-refractivity contribution >= 4 is 9.84 Å². The number of aliphatic hydroxyl groups excluding tert-OH is 1. The molecule has 94 valence electrons. The number of rotatable bonds is 4. The minimum Gasteiger partial charge on any atom is -0.488 e. The van der Waals surface area contributed by atoms with Gasteiger partial charge in [0, 0.05) is 0 Å². The molecule has 0 saturated carbocycles. The standard InChI is InChI=1S/C11H15NO4S/c12-11(5-13)8-2-1-3-9(4-8)16-10-6-17(14,15)7-10/h1-4,10-11,13H,5-7,12H2. The smallest absolute Gasteiger partial charge is 0.157 e. The molecule has 6 heteroatoms.